The van der Waals surface area contributed by atoms with Crippen LogP contribution in [0.2, 0.25) is 0 Å². The summed E-state index contributed by atoms with van der Waals surface area (Å²) >= 11 is 0. The lowest BCUT2D eigenvalue weighted by molar-refractivity contribution is -0.139. The second-order valence-corrected chi connectivity index (χ2v) is 4.02. The Morgan fingerprint density at radius 1 is 1.13 bits per heavy atom. The van der Waals surface area contributed by atoms with Crippen LogP contribution in [-0.4, -0.2) is 18.4 Å². The fourth-order valence-corrected chi connectivity index (χ4v) is 2.01. The molecule has 2 amide bonds. The van der Waals surface area contributed by atoms with E-state index >= 15 is 0 Å². The van der Waals surface area contributed by atoms with Crippen molar-refractivity contribution in [3.8, 4) is 0 Å². The minimum atomic E-state index is -0.779. The molecule has 5 heteroatoms. The molecule has 0 radical (unpaired) electrons. The third-order valence-electron chi connectivity index (χ3n) is 2.90. The van der Waals surface area contributed by atoms with Crippen LogP contribution in [0, 0.1) is 5.92 Å². The molecule has 0 aromatic rings. The van der Waals surface area contributed by atoms with E-state index in [2.05, 4.69) is 5.32 Å². The van der Waals surface area contributed by atoms with Gasteiger partial charge in [-0.1, -0.05) is 32.1 Å². The van der Waals surface area contributed by atoms with Crippen LogP contribution < -0.4 is 16.6 Å². The van der Waals surface area contributed by atoms with Crippen molar-refractivity contribution in [2.75, 3.05) is 6.54 Å². The van der Waals surface area contributed by atoms with E-state index in [0.717, 1.165) is 6.42 Å². The van der Waals surface area contributed by atoms with Gasteiger partial charge >= 0.3 is 11.8 Å². The number of nitrogens with one attached hydrogen (secondary N) is 2. The van der Waals surface area contributed by atoms with Crippen LogP contribution in [0.15, 0.2) is 0 Å². The summed E-state index contributed by atoms with van der Waals surface area (Å²) < 4.78 is 0. The average molecular weight is 213 g/mol. The fourth-order valence-electron chi connectivity index (χ4n) is 2.01. The molecular formula is C10H19N3O2. The third kappa shape index (κ3) is 4.29. The van der Waals surface area contributed by atoms with Gasteiger partial charge in [-0.25, -0.2) is 5.84 Å². The van der Waals surface area contributed by atoms with Crippen LogP contribution in [0.1, 0.15) is 38.5 Å². The maximum Gasteiger partial charge on any atom is 0.323 e. The summed E-state index contributed by atoms with van der Waals surface area (Å²) in [6, 6.07) is 0. The molecule has 0 bridgehead atoms. The zero-order chi connectivity index (χ0) is 11.1. The molecule has 1 saturated carbocycles. The van der Waals surface area contributed by atoms with E-state index in [0.29, 0.717) is 12.5 Å². The van der Waals surface area contributed by atoms with Gasteiger partial charge in [0, 0.05) is 6.54 Å². The van der Waals surface area contributed by atoms with E-state index < -0.39 is 11.8 Å². The second-order valence-electron chi connectivity index (χ2n) is 4.02. The van der Waals surface area contributed by atoms with Gasteiger partial charge in [-0.2, -0.15) is 0 Å². The first-order chi connectivity index (χ1) is 7.24. The quantitative estimate of drug-likeness (QED) is 0.268. The van der Waals surface area contributed by atoms with Crippen molar-refractivity contribution >= 4 is 11.8 Å². The van der Waals surface area contributed by atoms with Crippen LogP contribution in [0.25, 0.3) is 0 Å². The summed E-state index contributed by atoms with van der Waals surface area (Å²) in [4.78, 5) is 21.8. The van der Waals surface area contributed by atoms with Gasteiger partial charge in [-0.15, -0.1) is 0 Å². The van der Waals surface area contributed by atoms with Crippen LogP contribution in [0.4, 0.5) is 0 Å². The highest BCUT2D eigenvalue weighted by Crippen LogP contribution is 2.25. The van der Waals surface area contributed by atoms with Crippen LogP contribution in [-0.2, 0) is 9.59 Å². The lowest BCUT2D eigenvalue weighted by Gasteiger charge is -2.21. The lowest BCUT2D eigenvalue weighted by atomic mass is 9.87. The number of nitrogens with two attached hydrogens (primary N) is 1. The summed E-state index contributed by atoms with van der Waals surface area (Å²) in [5.74, 6) is 4.11. The van der Waals surface area contributed by atoms with E-state index in [1.165, 1.54) is 32.1 Å². The molecule has 4 N–H and O–H groups in total. The van der Waals surface area contributed by atoms with Gasteiger partial charge in [0.15, 0.2) is 0 Å². The van der Waals surface area contributed by atoms with Crippen LogP contribution in [0.5, 0.6) is 0 Å². The Balaban J connectivity index is 2.09. The highest BCUT2D eigenvalue weighted by atomic mass is 16.2. The highest BCUT2D eigenvalue weighted by Gasteiger charge is 2.15. The van der Waals surface area contributed by atoms with E-state index in [1.807, 2.05) is 0 Å². The molecule has 0 aromatic heterocycles. The molecule has 1 fully saturated rings. The van der Waals surface area contributed by atoms with E-state index in [1.54, 1.807) is 5.43 Å². The van der Waals surface area contributed by atoms with Gasteiger partial charge in [-0.05, 0) is 12.3 Å². The van der Waals surface area contributed by atoms with Gasteiger partial charge in [0.05, 0.1) is 0 Å². The molecule has 1 aliphatic rings. The zero-order valence-electron chi connectivity index (χ0n) is 8.92. The van der Waals surface area contributed by atoms with Gasteiger partial charge in [0.1, 0.15) is 0 Å². The summed E-state index contributed by atoms with van der Waals surface area (Å²) in [7, 11) is 0. The maximum atomic E-state index is 11.0. The number of hydrogen-bond acceptors (Lipinski definition) is 3. The summed E-state index contributed by atoms with van der Waals surface area (Å²) in [6.45, 7) is 0.566. The van der Waals surface area contributed by atoms with Gasteiger partial charge in [-0.3, -0.25) is 15.0 Å². The standard InChI is InChI=1S/C10H19N3O2/c11-13-10(15)9(14)12-7-6-8-4-2-1-3-5-8/h8H,1-7,11H2,(H,12,14)(H,13,15). The minimum absolute atomic E-state index is 0.566. The van der Waals surface area contributed by atoms with Gasteiger partial charge in [0.25, 0.3) is 0 Å². The molecule has 0 aliphatic heterocycles. The minimum Gasteiger partial charge on any atom is -0.348 e. The van der Waals surface area contributed by atoms with E-state index in [4.69, 9.17) is 5.84 Å². The Morgan fingerprint density at radius 3 is 2.40 bits per heavy atom. The first-order valence-electron chi connectivity index (χ1n) is 5.53. The summed E-state index contributed by atoms with van der Waals surface area (Å²) in [5, 5.41) is 2.55. The molecule has 15 heavy (non-hydrogen) atoms. The zero-order valence-corrected chi connectivity index (χ0v) is 8.92. The largest absolute Gasteiger partial charge is 0.348 e. The molecule has 0 spiro atoms. The normalized spacial score (nSPS) is 17.1. The number of rotatable bonds is 3. The highest BCUT2D eigenvalue weighted by molar-refractivity contribution is 6.34. The lowest BCUT2D eigenvalue weighted by Crippen LogP contribution is -2.43. The molecule has 5 nitrogen and oxygen atoms in total. The molecule has 0 aromatic carbocycles. The first kappa shape index (κ1) is 12.0. The van der Waals surface area contributed by atoms with Crippen molar-refractivity contribution in [2.24, 2.45) is 11.8 Å². The molecule has 0 unspecified atom stereocenters. The predicted molar refractivity (Wildman–Crippen MR) is 56.5 cm³/mol. The smallest absolute Gasteiger partial charge is 0.323 e. The van der Waals surface area contributed by atoms with E-state index in [-0.39, 0.29) is 0 Å². The van der Waals surface area contributed by atoms with Crippen LogP contribution >= 0.6 is 0 Å². The SMILES string of the molecule is NNC(=O)C(=O)NCCC1CCCCC1. The Morgan fingerprint density at radius 2 is 1.80 bits per heavy atom. The van der Waals surface area contributed by atoms with Gasteiger partial charge < -0.3 is 5.32 Å². The Hall–Kier alpha value is -1.10. The average Bonchev–Trinajstić information content (AvgIpc) is 2.29. The number of carbonyl (C=O) groups is 2. The molecule has 0 atom stereocenters. The fraction of sp³-hybridized carbons (Fsp3) is 0.800. The number of amides is 2. The van der Waals surface area contributed by atoms with Crippen molar-refractivity contribution in [3.63, 3.8) is 0 Å². The molecule has 1 rings (SSSR count). The summed E-state index contributed by atoms with van der Waals surface area (Å²) in [6.07, 6.45) is 7.38. The Labute approximate surface area is 89.8 Å². The second kappa shape index (κ2) is 6.40. The molecule has 0 saturated heterocycles. The Kier molecular flexibility index (Phi) is 5.10. The third-order valence-corrected chi connectivity index (χ3v) is 2.90. The van der Waals surface area contributed by atoms with E-state index in [9.17, 15) is 9.59 Å². The van der Waals surface area contributed by atoms with Crippen molar-refractivity contribution in [1.29, 1.82) is 0 Å². The molecule has 1 aliphatic carbocycles. The van der Waals surface area contributed by atoms with Crippen molar-refractivity contribution in [1.82, 2.24) is 10.7 Å². The van der Waals surface area contributed by atoms with Gasteiger partial charge in [0.2, 0.25) is 0 Å². The number of hydrazine groups is 1. The van der Waals surface area contributed by atoms with Crippen molar-refractivity contribution in [3.05, 3.63) is 0 Å². The van der Waals surface area contributed by atoms with Crippen LogP contribution in [0.3, 0.4) is 0 Å². The first-order valence-corrected chi connectivity index (χ1v) is 5.53. The molecule has 0 heterocycles. The van der Waals surface area contributed by atoms with Crippen molar-refractivity contribution in [2.45, 2.75) is 38.5 Å². The Bertz CT molecular complexity index is 225. The monoisotopic (exact) mass is 213 g/mol. The predicted octanol–water partition coefficient (Wildman–Crippen LogP) is 0.0629. The molecule has 86 valence electrons. The number of hydrogen-bond donors (Lipinski definition) is 3. The topological polar surface area (TPSA) is 84.2 Å². The number of carbonyl (C=O) groups excluding carboxylic acids is 2. The molecular weight excluding hydrogens is 194 g/mol. The maximum absolute atomic E-state index is 11.0. The summed E-state index contributed by atoms with van der Waals surface area (Å²) in [5.41, 5.74) is 1.80. The van der Waals surface area contributed by atoms with Crippen molar-refractivity contribution < 1.29 is 9.59 Å².